The third kappa shape index (κ3) is 4.96. The molecule has 1 aliphatic rings. The van der Waals surface area contributed by atoms with Gasteiger partial charge >= 0.3 is 0 Å². The molecule has 1 unspecified atom stereocenters. The number of halogens is 1. The fourth-order valence-electron chi connectivity index (χ4n) is 5.38. The summed E-state index contributed by atoms with van der Waals surface area (Å²) in [4.78, 5) is 29.0. The summed E-state index contributed by atoms with van der Waals surface area (Å²) in [6.45, 7) is 0. The van der Waals surface area contributed by atoms with Gasteiger partial charge in [-0.25, -0.2) is 0 Å². The number of aliphatic hydroxyl groups excluding tert-OH is 1. The molecule has 4 aromatic carbocycles. The molecule has 0 bridgehead atoms. The van der Waals surface area contributed by atoms with Gasteiger partial charge in [0.25, 0.3) is 5.91 Å². The van der Waals surface area contributed by atoms with Gasteiger partial charge in [0.2, 0.25) is 10.9 Å². The summed E-state index contributed by atoms with van der Waals surface area (Å²) in [5.74, 6) is -0.918. The van der Waals surface area contributed by atoms with E-state index in [1.54, 1.807) is 42.5 Å². The Kier molecular flexibility index (Phi) is 7.45. The van der Waals surface area contributed by atoms with Crippen LogP contribution in [0, 0.1) is 0 Å². The molecule has 2 aromatic heterocycles. The number of aromatic nitrogens is 2. The number of furan rings is 1. The summed E-state index contributed by atoms with van der Waals surface area (Å²) < 4.78 is 12.7. The first-order chi connectivity index (χ1) is 21.4. The van der Waals surface area contributed by atoms with E-state index in [0.29, 0.717) is 32.4 Å². The van der Waals surface area contributed by atoms with Crippen molar-refractivity contribution in [2.45, 2.75) is 16.1 Å². The summed E-state index contributed by atoms with van der Waals surface area (Å²) in [5.41, 5.74) is 2.06. The van der Waals surface area contributed by atoms with Crippen LogP contribution in [-0.2, 0) is 10.5 Å². The van der Waals surface area contributed by atoms with E-state index in [9.17, 15) is 14.7 Å². The lowest BCUT2D eigenvalue weighted by atomic mass is 9.95. The van der Waals surface area contributed by atoms with Crippen molar-refractivity contribution >= 4 is 77.6 Å². The number of carbonyl (C=O) groups is 2. The van der Waals surface area contributed by atoms with Crippen molar-refractivity contribution in [2.24, 2.45) is 0 Å². The number of amides is 1. The average Bonchev–Trinajstić information content (AvgIpc) is 3.76. The molecule has 0 fully saturated rings. The highest BCUT2D eigenvalue weighted by Crippen LogP contribution is 2.45. The zero-order chi connectivity index (χ0) is 30.4. The molecule has 11 heteroatoms. The van der Waals surface area contributed by atoms with Crippen LogP contribution in [0.3, 0.4) is 0 Å². The Morgan fingerprint density at radius 3 is 2.64 bits per heavy atom. The molecular weight excluding hydrogens is 662 g/mol. The smallest absolute Gasteiger partial charge is 0.296 e. The summed E-state index contributed by atoms with van der Waals surface area (Å²) in [5, 5.41) is 23.1. The molecule has 1 N–H and O–H groups in total. The normalized spacial score (nSPS) is 15.1. The topological polar surface area (TPSA) is 106 Å². The number of nitrogens with zero attached hydrogens (tertiary/aromatic N) is 3. The molecule has 44 heavy (non-hydrogen) atoms. The maximum Gasteiger partial charge on any atom is 0.296 e. The highest BCUT2D eigenvalue weighted by Gasteiger charge is 2.47. The highest BCUT2D eigenvalue weighted by molar-refractivity contribution is 9.10. The second-order valence-corrected chi connectivity index (χ2v) is 13.1. The van der Waals surface area contributed by atoms with Gasteiger partial charge < -0.3 is 14.3 Å². The number of anilines is 1. The van der Waals surface area contributed by atoms with Crippen molar-refractivity contribution in [3.8, 4) is 5.75 Å². The molecular formula is C33H22BrN3O5S2. The van der Waals surface area contributed by atoms with Crippen molar-refractivity contribution < 1.29 is 23.8 Å². The van der Waals surface area contributed by atoms with E-state index in [0.717, 1.165) is 20.8 Å². The minimum absolute atomic E-state index is 0.0238. The quantitative estimate of drug-likeness (QED) is 0.0971. The van der Waals surface area contributed by atoms with Crippen LogP contribution >= 0.6 is 39.0 Å². The SMILES string of the molecule is COc1cccc2cc(C(=O)C3=C(O)C(=O)N(c4nnc(SCc5cccc6ccccc56)s4)C3c3cccc(Br)c3)oc12. The number of hydrogen-bond acceptors (Lipinski definition) is 9. The Labute approximate surface area is 268 Å². The first-order valence-electron chi connectivity index (χ1n) is 13.5. The Balaban J connectivity index is 1.24. The summed E-state index contributed by atoms with van der Waals surface area (Å²) >= 11 is 6.23. The molecule has 0 saturated carbocycles. The molecule has 0 spiro atoms. The lowest BCUT2D eigenvalue weighted by Crippen LogP contribution is -2.31. The predicted octanol–water partition coefficient (Wildman–Crippen LogP) is 8.28. The van der Waals surface area contributed by atoms with Gasteiger partial charge in [0.05, 0.1) is 18.7 Å². The van der Waals surface area contributed by atoms with Crippen molar-refractivity contribution in [3.63, 3.8) is 0 Å². The molecule has 3 heterocycles. The molecule has 0 saturated heterocycles. The molecule has 7 rings (SSSR count). The molecule has 0 radical (unpaired) electrons. The minimum atomic E-state index is -0.966. The van der Waals surface area contributed by atoms with Gasteiger partial charge in [0, 0.05) is 15.6 Å². The highest BCUT2D eigenvalue weighted by atomic mass is 79.9. The van der Waals surface area contributed by atoms with Crippen LogP contribution < -0.4 is 9.64 Å². The molecule has 1 atom stereocenters. The maximum absolute atomic E-state index is 14.0. The molecule has 8 nitrogen and oxygen atoms in total. The van der Waals surface area contributed by atoms with Crippen LogP contribution in [0.1, 0.15) is 27.7 Å². The molecule has 1 aliphatic heterocycles. The number of fused-ring (bicyclic) bond motifs is 2. The molecule has 218 valence electrons. The first-order valence-corrected chi connectivity index (χ1v) is 16.1. The van der Waals surface area contributed by atoms with Crippen LogP contribution in [0.25, 0.3) is 21.7 Å². The first kappa shape index (κ1) is 28.3. The number of thioether (sulfide) groups is 1. The van der Waals surface area contributed by atoms with Crippen molar-refractivity contribution in [1.29, 1.82) is 0 Å². The number of para-hydroxylation sites is 1. The largest absolute Gasteiger partial charge is 0.503 e. The van der Waals surface area contributed by atoms with Crippen LogP contribution in [-0.4, -0.2) is 34.1 Å². The third-order valence-corrected chi connectivity index (χ3v) is 10.00. The number of benzene rings is 4. The number of methoxy groups -OCH3 is 1. The zero-order valence-electron chi connectivity index (χ0n) is 23.1. The number of ketones is 1. The summed E-state index contributed by atoms with van der Waals surface area (Å²) in [6.07, 6.45) is 0. The van der Waals surface area contributed by atoms with E-state index >= 15 is 0 Å². The van der Waals surface area contributed by atoms with E-state index in [-0.39, 0.29) is 16.5 Å². The lowest BCUT2D eigenvalue weighted by Gasteiger charge is -2.24. The summed E-state index contributed by atoms with van der Waals surface area (Å²) in [6, 6.07) is 27.5. The van der Waals surface area contributed by atoms with Gasteiger partial charge in [-0.05, 0) is 46.2 Å². The van der Waals surface area contributed by atoms with Crippen LogP contribution in [0.15, 0.2) is 116 Å². The van der Waals surface area contributed by atoms with Crippen molar-refractivity contribution in [3.05, 3.63) is 124 Å². The van der Waals surface area contributed by atoms with Gasteiger partial charge in [0.1, 0.15) is 0 Å². The van der Waals surface area contributed by atoms with Crippen LogP contribution in [0.2, 0.25) is 0 Å². The van der Waals surface area contributed by atoms with Crippen molar-refractivity contribution in [1.82, 2.24) is 10.2 Å². The Morgan fingerprint density at radius 2 is 1.80 bits per heavy atom. The fourth-order valence-corrected chi connectivity index (χ4v) is 7.67. The van der Waals surface area contributed by atoms with Crippen LogP contribution in [0.4, 0.5) is 5.13 Å². The van der Waals surface area contributed by atoms with Gasteiger partial charge in [-0.1, -0.05) is 106 Å². The third-order valence-electron chi connectivity index (χ3n) is 7.40. The minimum Gasteiger partial charge on any atom is -0.503 e. The standard InChI is InChI=1S/C33H22BrN3O5S2/c1-41-24-14-6-10-20-16-25(42-30(20)24)28(38)26-27(19-9-5-12-22(34)15-19)37(31(40)29(26)39)32-35-36-33(44-32)43-17-21-11-4-8-18-7-2-3-13-23(18)21/h2-16,27,39H,17H2,1H3. The Morgan fingerprint density at radius 1 is 1.02 bits per heavy atom. The van der Waals surface area contributed by atoms with Gasteiger partial charge in [-0.15, -0.1) is 10.2 Å². The van der Waals surface area contributed by atoms with E-state index in [1.165, 1.54) is 35.1 Å². The number of Topliss-reactive ketones (excluding diaryl/α,β-unsaturated/α-hetero) is 1. The van der Waals surface area contributed by atoms with E-state index in [1.807, 2.05) is 24.3 Å². The zero-order valence-corrected chi connectivity index (χ0v) is 26.3. The lowest BCUT2D eigenvalue weighted by molar-refractivity contribution is -0.117. The molecule has 0 aliphatic carbocycles. The number of carbonyl (C=O) groups excluding carboxylic acids is 2. The second kappa shape index (κ2) is 11.6. The van der Waals surface area contributed by atoms with Gasteiger partial charge in [-0.3, -0.25) is 14.5 Å². The number of aliphatic hydroxyl groups is 1. The fraction of sp³-hybridized carbons (Fsp3) is 0.0909. The number of ether oxygens (including phenoxy) is 1. The molecule has 1 amide bonds. The number of rotatable bonds is 8. The van der Waals surface area contributed by atoms with Crippen molar-refractivity contribution in [2.75, 3.05) is 12.0 Å². The van der Waals surface area contributed by atoms with E-state index in [2.05, 4.69) is 50.4 Å². The summed E-state index contributed by atoms with van der Waals surface area (Å²) in [7, 11) is 1.51. The second-order valence-electron chi connectivity index (χ2n) is 9.99. The van der Waals surface area contributed by atoms with E-state index in [4.69, 9.17) is 9.15 Å². The molecule has 6 aromatic rings. The van der Waals surface area contributed by atoms with Gasteiger partial charge in [-0.2, -0.15) is 0 Å². The average molecular weight is 685 g/mol. The van der Waals surface area contributed by atoms with Crippen LogP contribution in [0.5, 0.6) is 5.75 Å². The number of hydrogen-bond donors (Lipinski definition) is 1. The predicted molar refractivity (Wildman–Crippen MR) is 175 cm³/mol. The Hall–Kier alpha value is -4.45. The maximum atomic E-state index is 14.0. The monoisotopic (exact) mass is 683 g/mol. The van der Waals surface area contributed by atoms with Gasteiger partial charge in [0.15, 0.2) is 27.2 Å². The van der Waals surface area contributed by atoms with E-state index < -0.39 is 23.5 Å². The Bertz CT molecular complexity index is 2120.